The minimum absolute atomic E-state index is 0.545. The standard InChI is InChI=1S/C62H40N6/c1-5-19-42(20-6-1)48-27-13-14-30-53(48)61-64-60(45-25-11-4-12-26-45)65-62(66-61)68-57-32-18-16-29-50(57)52-38-37-51-49-28-15-17-31-56(49)67(58(51)59(52)68)47-35-33-41(34-36-47)46-39-54(43-21-7-2-8-22-43)63-55(40-46)44-23-9-3-10-24-44/h1-40H. The number of hydrogen-bond acceptors (Lipinski definition) is 4. The summed E-state index contributed by atoms with van der Waals surface area (Å²) in [6.45, 7) is 0. The second kappa shape index (κ2) is 16.3. The normalized spacial score (nSPS) is 11.5. The number of rotatable bonds is 8. The van der Waals surface area contributed by atoms with E-state index < -0.39 is 0 Å². The van der Waals surface area contributed by atoms with Crippen molar-refractivity contribution in [1.29, 1.82) is 0 Å². The van der Waals surface area contributed by atoms with Gasteiger partial charge < -0.3 is 4.57 Å². The molecule has 13 rings (SSSR count). The van der Waals surface area contributed by atoms with Gasteiger partial charge in [0.15, 0.2) is 11.6 Å². The van der Waals surface area contributed by atoms with Gasteiger partial charge in [-0.1, -0.05) is 206 Å². The van der Waals surface area contributed by atoms with E-state index in [9.17, 15) is 0 Å². The molecule has 318 valence electrons. The summed E-state index contributed by atoms with van der Waals surface area (Å²) in [5.41, 5.74) is 15.5. The molecule has 4 heterocycles. The lowest BCUT2D eigenvalue weighted by molar-refractivity contribution is 0.953. The molecule has 0 saturated carbocycles. The molecule has 6 heteroatoms. The van der Waals surface area contributed by atoms with Crippen molar-refractivity contribution in [2.75, 3.05) is 0 Å². The van der Waals surface area contributed by atoms with E-state index in [0.717, 1.165) is 105 Å². The Kier molecular flexibility index (Phi) is 9.39. The molecule has 0 aliphatic carbocycles. The van der Waals surface area contributed by atoms with Gasteiger partial charge in [-0.25, -0.2) is 9.97 Å². The first-order valence-electron chi connectivity index (χ1n) is 22.9. The fourth-order valence-electron chi connectivity index (χ4n) is 9.84. The minimum atomic E-state index is 0.545. The Morgan fingerprint density at radius 3 is 1.31 bits per heavy atom. The lowest BCUT2D eigenvalue weighted by Crippen LogP contribution is -2.07. The molecule has 68 heavy (non-hydrogen) atoms. The molecule has 0 fully saturated rings. The summed E-state index contributed by atoms with van der Waals surface area (Å²) in [5.74, 6) is 1.75. The van der Waals surface area contributed by atoms with Gasteiger partial charge in [-0.05, 0) is 58.7 Å². The van der Waals surface area contributed by atoms with Gasteiger partial charge in [0.05, 0.1) is 33.5 Å². The average molecular weight is 869 g/mol. The molecule has 0 spiro atoms. The number of para-hydroxylation sites is 2. The Morgan fingerprint density at radius 1 is 0.265 bits per heavy atom. The van der Waals surface area contributed by atoms with Gasteiger partial charge in [0, 0.05) is 49.5 Å². The molecule has 0 saturated heterocycles. The Balaban J connectivity index is 1.05. The van der Waals surface area contributed by atoms with Gasteiger partial charge in [0.2, 0.25) is 5.95 Å². The minimum Gasteiger partial charge on any atom is -0.307 e. The van der Waals surface area contributed by atoms with Crippen molar-refractivity contribution in [2.24, 2.45) is 0 Å². The molecule has 4 aromatic heterocycles. The van der Waals surface area contributed by atoms with Crippen LogP contribution < -0.4 is 0 Å². The van der Waals surface area contributed by atoms with Crippen LogP contribution in [0, 0.1) is 0 Å². The van der Waals surface area contributed by atoms with E-state index in [1.54, 1.807) is 0 Å². The Hall–Kier alpha value is -9.26. The van der Waals surface area contributed by atoms with Crippen molar-refractivity contribution in [3.63, 3.8) is 0 Å². The molecule has 0 aliphatic rings. The number of pyridine rings is 1. The molecule has 0 bridgehead atoms. The lowest BCUT2D eigenvalue weighted by atomic mass is 9.99. The predicted octanol–water partition coefficient (Wildman–Crippen LogP) is 15.5. The van der Waals surface area contributed by atoms with Crippen molar-refractivity contribution in [1.82, 2.24) is 29.1 Å². The topological polar surface area (TPSA) is 61.4 Å². The van der Waals surface area contributed by atoms with Gasteiger partial charge >= 0.3 is 0 Å². The first-order chi connectivity index (χ1) is 33.7. The SMILES string of the molecule is c1ccc(-c2cc(-c3ccc(-n4c5ccccc5c5ccc6c7ccccc7n(-c7nc(-c8ccccc8)nc(-c8ccccc8-c8ccccc8)n7)c6c54)cc3)cc(-c3ccccc3)n2)cc1. The highest BCUT2D eigenvalue weighted by atomic mass is 15.2. The molecule has 0 N–H and O–H groups in total. The molecule has 6 nitrogen and oxygen atoms in total. The van der Waals surface area contributed by atoms with Gasteiger partial charge in [-0.15, -0.1) is 0 Å². The zero-order valence-electron chi connectivity index (χ0n) is 36.8. The van der Waals surface area contributed by atoms with Crippen LogP contribution in [0.15, 0.2) is 243 Å². The summed E-state index contributed by atoms with van der Waals surface area (Å²) >= 11 is 0. The van der Waals surface area contributed by atoms with Gasteiger partial charge in [0.25, 0.3) is 0 Å². The van der Waals surface area contributed by atoms with E-state index in [1.165, 1.54) is 0 Å². The molecule has 0 amide bonds. The summed E-state index contributed by atoms with van der Waals surface area (Å²) in [4.78, 5) is 21.2. The molecule has 0 atom stereocenters. The summed E-state index contributed by atoms with van der Waals surface area (Å²) in [6.07, 6.45) is 0. The van der Waals surface area contributed by atoms with Crippen LogP contribution in [0.1, 0.15) is 0 Å². The Bertz CT molecular complexity index is 3930. The van der Waals surface area contributed by atoms with Gasteiger partial charge in [-0.2, -0.15) is 9.97 Å². The van der Waals surface area contributed by atoms with E-state index in [4.69, 9.17) is 19.9 Å². The van der Waals surface area contributed by atoms with Crippen LogP contribution in [0.5, 0.6) is 0 Å². The van der Waals surface area contributed by atoms with Crippen LogP contribution in [-0.4, -0.2) is 29.1 Å². The average Bonchev–Trinajstić information content (AvgIpc) is 3.95. The number of aromatic nitrogens is 6. The van der Waals surface area contributed by atoms with E-state index in [0.29, 0.717) is 17.6 Å². The fraction of sp³-hybridized carbons (Fsp3) is 0. The fourth-order valence-corrected chi connectivity index (χ4v) is 9.84. The second-order valence-electron chi connectivity index (χ2n) is 17.0. The van der Waals surface area contributed by atoms with Crippen molar-refractivity contribution >= 4 is 43.6 Å². The van der Waals surface area contributed by atoms with Crippen LogP contribution in [0.4, 0.5) is 0 Å². The van der Waals surface area contributed by atoms with Crippen molar-refractivity contribution in [3.05, 3.63) is 243 Å². The first kappa shape index (κ1) is 39.1. The zero-order valence-corrected chi connectivity index (χ0v) is 36.8. The molecule has 13 aromatic rings. The Labute approximate surface area is 392 Å². The zero-order chi connectivity index (χ0) is 45.0. The third-order valence-corrected chi connectivity index (χ3v) is 13.0. The number of hydrogen-bond donors (Lipinski definition) is 0. The summed E-state index contributed by atoms with van der Waals surface area (Å²) < 4.78 is 4.67. The molecule has 0 radical (unpaired) electrons. The van der Waals surface area contributed by atoms with E-state index in [2.05, 4.69) is 215 Å². The molecular weight excluding hydrogens is 829 g/mol. The van der Waals surface area contributed by atoms with Crippen molar-refractivity contribution in [2.45, 2.75) is 0 Å². The Morgan fingerprint density at radius 2 is 0.721 bits per heavy atom. The second-order valence-corrected chi connectivity index (χ2v) is 17.0. The number of benzene rings is 9. The smallest absolute Gasteiger partial charge is 0.238 e. The van der Waals surface area contributed by atoms with Gasteiger partial charge in [-0.3, -0.25) is 4.57 Å². The molecule has 0 aliphatic heterocycles. The maximum absolute atomic E-state index is 5.45. The maximum Gasteiger partial charge on any atom is 0.238 e. The van der Waals surface area contributed by atoms with Crippen molar-refractivity contribution < 1.29 is 0 Å². The molecule has 0 unspecified atom stereocenters. The molecular formula is C62H40N6. The number of fused-ring (bicyclic) bond motifs is 7. The van der Waals surface area contributed by atoms with Gasteiger partial charge in [0.1, 0.15) is 0 Å². The highest BCUT2D eigenvalue weighted by Crippen LogP contribution is 2.42. The van der Waals surface area contributed by atoms with E-state index >= 15 is 0 Å². The third-order valence-electron chi connectivity index (χ3n) is 13.0. The van der Waals surface area contributed by atoms with E-state index in [1.807, 2.05) is 36.4 Å². The van der Waals surface area contributed by atoms with E-state index in [-0.39, 0.29) is 0 Å². The number of nitrogens with zero attached hydrogens (tertiary/aromatic N) is 6. The maximum atomic E-state index is 5.45. The largest absolute Gasteiger partial charge is 0.307 e. The van der Waals surface area contributed by atoms with Crippen LogP contribution in [0.3, 0.4) is 0 Å². The summed E-state index contributed by atoms with van der Waals surface area (Å²) in [7, 11) is 0. The van der Waals surface area contributed by atoms with Crippen LogP contribution >= 0.6 is 0 Å². The molecule has 9 aromatic carbocycles. The van der Waals surface area contributed by atoms with Crippen LogP contribution in [0.2, 0.25) is 0 Å². The van der Waals surface area contributed by atoms with Crippen LogP contribution in [0.25, 0.3) is 123 Å². The first-order valence-corrected chi connectivity index (χ1v) is 22.9. The highest BCUT2D eigenvalue weighted by Gasteiger charge is 2.24. The predicted molar refractivity (Wildman–Crippen MR) is 279 cm³/mol. The summed E-state index contributed by atoms with van der Waals surface area (Å²) in [6, 6.07) is 85.0. The quantitative estimate of drug-likeness (QED) is 0.153. The highest BCUT2D eigenvalue weighted by molar-refractivity contribution is 6.23. The third kappa shape index (κ3) is 6.66. The monoisotopic (exact) mass is 868 g/mol. The van der Waals surface area contributed by atoms with Crippen LogP contribution in [-0.2, 0) is 0 Å². The lowest BCUT2D eigenvalue weighted by Gasteiger charge is -2.15. The summed E-state index contributed by atoms with van der Waals surface area (Å²) in [5, 5.41) is 4.53. The van der Waals surface area contributed by atoms with Crippen molar-refractivity contribution in [3.8, 4) is 79.2 Å².